The first kappa shape index (κ1) is 17.6. The van der Waals surface area contributed by atoms with E-state index in [1.54, 1.807) is 18.2 Å². The summed E-state index contributed by atoms with van der Waals surface area (Å²) in [6.45, 7) is 1.37. The molecule has 1 aromatic carbocycles. The fourth-order valence-electron chi connectivity index (χ4n) is 2.20. The molecule has 0 unspecified atom stereocenters. The van der Waals surface area contributed by atoms with Crippen molar-refractivity contribution in [1.29, 1.82) is 0 Å². The van der Waals surface area contributed by atoms with Gasteiger partial charge in [-0.2, -0.15) is 0 Å². The minimum absolute atomic E-state index is 0.0678. The first-order valence-electron chi connectivity index (χ1n) is 7.45. The smallest absolute Gasteiger partial charge is 0.351 e. The van der Waals surface area contributed by atoms with Gasteiger partial charge in [0, 0.05) is 24.6 Å². The average molecular weight is 374 g/mol. The second-order valence-corrected chi connectivity index (χ2v) is 5.76. The minimum atomic E-state index is -0.893. The zero-order valence-corrected chi connectivity index (χ0v) is 14.3. The van der Waals surface area contributed by atoms with Gasteiger partial charge in [0.05, 0.1) is 11.2 Å². The Balaban J connectivity index is 1.91. The number of benzene rings is 1. The number of hydrogen-bond donors (Lipinski definition) is 0. The quantitative estimate of drug-likeness (QED) is 0.512. The Labute approximate surface area is 152 Å². The summed E-state index contributed by atoms with van der Waals surface area (Å²) in [6, 6.07) is 7.62. The van der Waals surface area contributed by atoms with Crippen molar-refractivity contribution in [3.8, 4) is 5.75 Å². The molecule has 0 fully saturated rings. The highest BCUT2D eigenvalue weighted by atomic mass is 35.5. The van der Waals surface area contributed by atoms with E-state index in [1.807, 2.05) is 0 Å². The van der Waals surface area contributed by atoms with Crippen molar-refractivity contribution in [2.45, 2.75) is 13.5 Å². The van der Waals surface area contributed by atoms with Gasteiger partial charge in [-0.05, 0) is 23.8 Å². The Morgan fingerprint density at radius 1 is 1.19 bits per heavy atom. The number of esters is 2. The molecule has 3 aromatic rings. The van der Waals surface area contributed by atoms with Crippen molar-refractivity contribution >= 4 is 34.5 Å². The summed E-state index contributed by atoms with van der Waals surface area (Å²) in [5.41, 5.74) is -0.130. The van der Waals surface area contributed by atoms with Gasteiger partial charge in [0.2, 0.25) is 0 Å². The average Bonchev–Trinajstić information content (AvgIpc) is 2.59. The number of halogens is 1. The lowest BCUT2D eigenvalue weighted by atomic mass is 10.1. The lowest BCUT2D eigenvalue weighted by Gasteiger charge is -2.06. The number of pyridine rings is 1. The van der Waals surface area contributed by atoms with Crippen molar-refractivity contribution in [1.82, 2.24) is 4.98 Å². The molecule has 0 N–H and O–H groups in total. The zero-order chi connectivity index (χ0) is 18.7. The number of rotatable bonds is 4. The number of fused-ring (bicyclic) bond motifs is 1. The van der Waals surface area contributed by atoms with Crippen LogP contribution in [0.2, 0.25) is 5.02 Å². The fourth-order valence-corrected chi connectivity index (χ4v) is 2.36. The zero-order valence-electron chi connectivity index (χ0n) is 13.5. The summed E-state index contributed by atoms with van der Waals surface area (Å²) < 4.78 is 15.2. The maximum absolute atomic E-state index is 12.3. The summed E-state index contributed by atoms with van der Waals surface area (Å²) in [5.74, 6) is -1.20. The lowest BCUT2D eigenvalue weighted by molar-refractivity contribution is -0.142. The maximum Gasteiger partial charge on any atom is 0.351 e. The Morgan fingerprint density at radius 2 is 2.00 bits per heavy atom. The monoisotopic (exact) mass is 373 g/mol. The van der Waals surface area contributed by atoms with Gasteiger partial charge in [0.25, 0.3) is 0 Å². The van der Waals surface area contributed by atoms with Gasteiger partial charge in [-0.25, -0.2) is 9.59 Å². The Morgan fingerprint density at radius 3 is 2.73 bits per heavy atom. The van der Waals surface area contributed by atoms with Crippen molar-refractivity contribution in [2.24, 2.45) is 0 Å². The second-order valence-electron chi connectivity index (χ2n) is 5.33. The van der Waals surface area contributed by atoms with Crippen molar-refractivity contribution < 1.29 is 23.5 Å². The predicted molar refractivity (Wildman–Crippen MR) is 92.2 cm³/mol. The van der Waals surface area contributed by atoms with Crippen molar-refractivity contribution in [3.63, 3.8) is 0 Å². The molecule has 132 valence electrons. The molecular weight excluding hydrogens is 362 g/mol. The number of ether oxygens (including phenoxy) is 2. The molecule has 0 bridgehead atoms. The molecule has 26 heavy (non-hydrogen) atoms. The normalized spacial score (nSPS) is 10.5. The number of aromatic nitrogens is 1. The molecule has 0 atom stereocenters. The minimum Gasteiger partial charge on any atom is -0.461 e. The molecule has 0 radical (unpaired) electrons. The van der Waals surface area contributed by atoms with Gasteiger partial charge in [-0.15, -0.1) is 0 Å². The van der Waals surface area contributed by atoms with Gasteiger partial charge in [0.15, 0.2) is 5.75 Å². The van der Waals surface area contributed by atoms with Crippen LogP contribution in [0.25, 0.3) is 11.0 Å². The largest absolute Gasteiger partial charge is 0.461 e. The van der Waals surface area contributed by atoms with Gasteiger partial charge in [-0.1, -0.05) is 17.7 Å². The van der Waals surface area contributed by atoms with Crippen LogP contribution >= 0.6 is 11.6 Å². The third kappa shape index (κ3) is 4.07. The molecule has 0 amide bonds. The number of nitrogens with zero attached hydrogens (tertiary/aromatic N) is 1. The molecule has 0 aliphatic rings. The second kappa shape index (κ2) is 7.37. The van der Waals surface area contributed by atoms with Gasteiger partial charge < -0.3 is 13.9 Å². The first-order chi connectivity index (χ1) is 12.4. The van der Waals surface area contributed by atoms with Crippen LogP contribution in [0.15, 0.2) is 51.9 Å². The summed E-state index contributed by atoms with van der Waals surface area (Å²) in [7, 11) is 0. The highest BCUT2D eigenvalue weighted by Crippen LogP contribution is 2.19. The van der Waals surface area contributed by atoms with E-state index in [-0.39, 0.29) is 22.9 Å². The van der Waals surface area contributed by atoms with E-state index >= 15 is 0 Å². The summed E-state index contributed by atoms with van der Waals surface area (Å²) >= 11 is 5.78. The van der Waals surface area contributed by atoms with Crippen LogP contribution in [0, 0.1) is 0 Å². The van der Waals surface area contributed by atoms with Crippen LogP contribution in [0.3, 0.4) is 0 Å². The van der Waals surface area contributed by atoms with Crippen LogP contribution in [0.4, 0.5) is 0 Å². The van der Waals surface area contributed by atoms with Crippen LogP contribution in [-0.4, -0.2) is 16.9 Å². The van der Waals surface area contributed by atoms with E-state index in [4.69, 9.17) is 25.5 Å². The van der Waals surface area contributed by atoms with Crippen LogP contribution < -0.4 is 10.4 Å². The van der Waals surface area contributed by atoms with Crippen LogP contribution in [0.1, 0.15) is 22.8 Å². The van der Waals surface area contributed by atoms with E-state index in [0.717, 1.165) is 0 Å². The molecule has 8 heteroatoms. The van der Waals surface area contributed by atoms with Crippen molar-refractivity contribution in [2.75, 3.05) is 0 Å². The summed E-state index contributed by atoms with van der Waals surface area (Å²) in [5, 5.41) is 0.779. The number of carbonyl (C=O) groups is 2. The number of hydrogen-bond acceptors (Lipinski definition) is 7. The van der Waals surface area contributed by atoms with Crippen LogP contribution in [-0.2, 0) is 16.1 Å². The number of carbonyl (C=O) groups excluding carboxylic acids is 2. The van der Waals surface area contributed by atoms with Crippen molar-refractivity contribution in [3.05, 3.63) is 69.3 Å². The van der Waals surface area contributed by atoms with Gasteiger partial charge in [0.1, 0.15) is 17.8 Å². The fraction of sp³-hybridized carbons (Fsp3) is 0.111. The third-order valence-electron chi connectivity index (χ3n) is 3.35. The van der Waals surface area contributed by atoms with Gasteiger partial charge >= 0.3 is 17.6 Å². The predicted octanol–water partition coefficient (Wildman–Crippen LogP) is 3.12. The molecule has 0 saturated heterocycles. The molecule has 2 heterocycles. The van der Waals surface area contributed by atoms with Gasteiger partial charge in [-0.3, -0.25) is 9.78 Å². The Bertz CT molecular complexity index is 1060. The van der Waals surface area contributed by atoms with E-state index in [1.165, 1.54) is 31.5 Å². The Kier molecular flexibility index (Phi) is 4.99. The maximum atomic E-state index is 12.3. The van der Waals surface area contributed by atoms with E-state index in [0.29, 0.717) is 16.5 Å². The first-order valence-corrected chi connectivity index (χ1v) is 7.83. The van der Waals surface area contributed by atoms with E-state index in [9.17, 15) is 14.4 Å². The highest BCUT2D eigenvalue weighted by Gasteiger charge is 2.17. The molecule has 0 aliphatic carbocycles. The molecule has 0 saturated carbocycles. The molecule has 0 aliphatic heterocycles. The lowest BCUT2D eigenvalue weighted by Crippen LogP contribution is -2.18. The Hall–Kier alpha value is -3.19. The van der Waals surface area contributed by atoms with E-state index < -0.39 is 17.6 Å². The standard InChI is InChI=1S/C18H12ClNO6/c1-10(21)24-9-11-2-3-16-12(4-11)5-15(18(23)26-16)17(22)25-14-6-13(19)7-20-8-14/h2-8H,9H2,1H3. The topological polar surface area (TPSA) is 95.7 Å². The molecule has 3 rings (SSSR count). The molecule has 7 nitrogen and oxygen atoms in total. The molecule has 2 aromatic heterocycles. The van der Waals surface area contributed by atoms with E-state index in [2.05, 4.69) is 4.98 Å². The third-order valence-corrected chi connectivity index (χ3v) is 3.56. The summed E-state index contributed by atoms with van der Waals surface area (Å²) in [4.78, 5) is 39.0. The summed E-state index contributed by atoms with van der Waals surface area (Å²) in [6.07, 6.45) is 2.68. The highest BCUT2D eigenvalue weighted by molar-refractivity contribution is 6.30. The molecule has 0 spiro atoms. The van der Waals surface area contributed by atoms with Crippen LogP contribution in [0.5, 0.6) is 5.75 Å². The SMILES string of the molecule is CC(=O)OCc1ccc2oc(=O)c(C(=O)Oc3cncc(Cl)c3)cc2c1. The molecular formula is C18H12ClNO6.